The summed E-state index contributed by atoms with van der Waals surface area (Å²) >= 11 is 5.88. The zero-order valence-electron chi connectivity index (χ0n) is 16.7. The van der Waals surface area contributed by atoms with Gasteiger partial charge < -0.3 is 9.84 Å². The van der Waals surface area contributed by atoms with Crippen molar-refractivity contribution in [3.05, 3.63) is 99.9 Å². The van der Waals surface area contributed by atoms with Crippen molar-refractivity contribution in [2.24, 2.45) is 0 Å². The van der Waals surface area contributed by atoms with E-state index in [-0.39, 0.29) is 4.90 Å². The molecule has 0 saturated heterocycles. The molecule has 1 amide bonds. The summed E-state index contributed by atoms with van der Waals surface area (Å²) in [5.74, 6) is -1.78. The number of methoxy groups -OCH3 is 1. The van der Waals surface area contributed by atoms with E-state index in [2.05, 4.69) is 0 Å². The quantitative estimate of drug-likeness (QED) is 0.574. The van der Waals surface area contributed by atoms with Crippen molar-refractivity contribution in [1.29, 1.82) is 0 Å². The minimum atomic E-state index is -4.31. The summed E-state index contributed by atoms with van der Waals surface area (Å²) in [6.45, 7) is 0. The molecule has 1 unspecified atom stereocenters. The van der Waals surface area contributed by atoms with Gasteiger partial charge in [0.05, 0.1) is 12.0 Å². The molecule has 1 aliphatic rings. The second-order valence-corrected chi connectivity index (χ2v) is 9.35. The van der Waals surface area contributed by atoms with Crippen LogP contribution in [0.25, 0.3) is 0 Å². The van der Waals surface area contributed by atoms with Crippen LogP contribution in [-0.2, 0) is 14.6 Å². The zero-order valence-corrected chi connectivity index (χ0v) is 18.3. The number of aliphatic hydroxyl groups is 1. The molecule has 0 bridgehead atoms. The van der Waals surface area contributed by atoms with Gasteiger partial charge in [-0.05, 0) is 66.2 Å². The van der Waals surface area contributed by atoms with Crippen molar-refractivity contribution in [1.82, 2.24) is 0 Å². The number of amides is 1. The third-order valence-electron chi connectivity index (χ3n) is 5.11. The Morgan fingerprint density at radius 2 is 1.56 bits per heavy atom. The molecule has 9 heteroatoms. The predicted octanol–water partition coefficient (Wildman–Crippen LogP) is 4.82. The highest BCUT2D eigenvalue weighted by Crippen LogP contribution is 2.45. The molecule has 4 rings (SSSR count). The van der Waals surface area contributed by atoms with Gasteiger partial charge in [-0.15, -0.1) is 0 Å². The number of sulfone groups is 1. The summed E-state index contributed by atoms with van der Waals surface area (Å²) in [5, 5.41) is 11.0. The van der Waals surface area contributed by atoms with Gasteiger partial charge in [0.25, 0.3) is 5.91 Å². The van der Waals surface area contributed by atoms with Crippen LogP contribution in [0.1, 0.15) is 11.6 Å². The summed E-state index contributed by atoms with van der Waals surface area (Å²) in [7, 11) is -2.82. The Morgan fingerprint density at radius 1 is 0.969 bits per heavy atom. The van der Waals surface area contributed by atoms with Crippen molar-refractivity contribution < 1.29 is 27.4 Å². The third-order valence-corrected chi connectivity index (χ3v) is 7.25. The summed E-state index contributed by atoms with van der Waals surface area (Å²) < 4.78 is 45.7. The first-order valence-electron chi connectivity index (χ1n) is 9.41. The molecule has 1 N–H and O–H groups in total. The van der Waals surface area contributed by atoms with Crippen LogP contribution in [-0.4, -0.2) is 26.5 Å². The van der Waals surface area contributed by atoms with E-state index in [0.29, 0.717) is 22.0 Å². The number of rotatable bonds is 5. The van der Waals surface area contributed by atoms with E-state index < -0.39 is 38.3 Å². The van der Waals surface area contributed by atoms with Gasteiger partial charge >= 0.3 is 0 Å². The molecule has 0 aromatic heterocycles. The second-order valence-electron chi connectivity index (χ2n) is 7.00. The number of halogens is 2. The average Bonchev–Trinajstić information content (AvgIpc) is 3.06. The Balaban J connectivity index is 1.91. The molecule has 0 fully saturated rings. The van der Waals surface area contributed by atoms with E-state index in [1.165, 1.54) is 43.5 Å². The molecule has 0 radical (unpaired) electrons. The molecule has 1 aliphatic heterocycles. The smallest absolute Gasteiger partial charge is 0.295 e. The topological polar surface area (TPSA) is 83.9 Å². The second kappa shape index (κ2) is 8.29. The average molecular weight is 474 g/mol. The normalized spacial score (nSPS) is 16.5. The van der Waals surface area contributed by atoms with Crippen LogP contribution in [0.5, 0.6) is 5.75 Å². The Morgan fingerprint density at radius 3 is 2.12 bits per heavy atom. The number of carbonyl (C=O) groups is 1. The van der Waals surface area contributed by atoms with E-state index in [1.54, 1.807) is 24.3 Å². The van der Waals surface area contributed by atoms with Crippen LogP contribution < -0.4 is 9.64 Å². The van der Waals surface area contributed by atoms with Gasteiger partial charge in [0, 0.05) is 10.7 Å². The Bertz CT molecular complexity index is 1300. The Labute approximate surface area is 189 Å². The molecule has 3 aromatic carbocycles. The Hall–Kier alpha value is -3.36. The van der Waals surface area contributed by atoms with Gasteiger partial charge in [0.2, 0.25) is 9.84 Å². The van der Waals surface area contributed by atoms with Crippen molar-refractivity contribution in [3.63, 3.8) is 0 Å². The lowest BCUT2D eigenvalue weighted by molar-refractivity contribution is -0.117. The van der Waals surface area contributed by atoms with Gasteiger partial charge in [-0.25, -0.2) is 12.8 Å². The summed E-state index contributed by atoms with van der Waals surface area (Å²) in [4.78, 5) is 13.6. The number of aliphatic hydroxyl groups excluding tert-OH is 1. The van der Waals surface area contributed by atoms with Crippen LogP contribution in [0.4, 0.5) is 10.1 Å². The maximum Gasteiger partial charge on any atom is 0.295 e. The van der Waals surface area contributed by atoms with Crippen LogP contribution in [0.15, 0.2) is 88.4 Å². The van der Waals surface area contributed by atoms with Gasteiger partial charge in [0.1, 0.15) is 22.5 Å². The molecule has 1 atom stereocenters. The van der Waals surface area contributed by atoms with Crippen LogP contribution in [0, 0.1) is 5.82 Å². The van der Waals surface area contributed by atoms with Crippen molar-refractivity contribution >= 4 is 33.0 Å². The molecule has 0 spiro atoms. The highest BCUT2D eigenvalue weighted by molar-refractivity contribution is 7.95. The number of hydrogen-bond acceptors (Lipinski definition) is 5. The van der Waals surface area contributed by atoms with Crippen LogP contribution in [0.3, 0.4) is 0 Å². The first-order chi connectivity index (χ1) is 15.2. The highest BCUT2D eigenvalue weighted by Gasteiger charge is 2.47. The summed E-state index contributed by atoms with van der Waals surface area (Å²) in [6, 6.07) is 15.6. The van der Waals surface area contributed by atoms with Gasteiger partial charge in [0.15, 0.2) is 5.76 Å². The number of ether oxygens (including phenoxy) is 1. The molecular formula is C23H17ClFNO5S. The first kappa shape index (κ1) is 21.9. The van der Waals surface area contributed by atoms with E-state index in [9.17, 15) is 22.7 Å². The SMILES string of the molecule is COc1ccc(N2C(=O)C(O)=C(S(=O)(=O)c3ccc(Cl)cc3)C2c2ccc(F)cc2)cc1. The molecule has 0 saturated carbocycles. The Kier molecular flexibility index (Phi) is 5.66. The lowest BCUT2D eigenvalue weighted by atomic mass is 10.1. The fourth-order valence-corrected chi connectivity index (χ4v) is 5.30. The molecular weight excluding hydrogens is 457 g/mol. The van der Waals surface area contributed by atoms with Crippen LogP contribution in [0.2, 0.25) is 5.02 Å². The minimum absolute atomic E-state index is 0.139. The van der Waals surface area contributed by atoms with Crippen LogP contribution >= 0.6 is 11.6 Å². The van der Waals surface area contributed by atoms with Crippen molar-refractivity contribution in [3.8, 4) is 5.75 Å². The van der Waals surface area contributed by atoms with Gasteiger partial charge in [-0.1, -0.05) is 23.7 Å². The number of nitrogens with zero attached hydrogens (tertiary/aromatic N) is 1. The van der Waals surface area contributed by atoms with Crippen molar-refractivity contribution in [2.45, 2.75) is 10.9 Å². The number of anilines is 1. The van der Waals surface area contributed by atoms with E-state index >= 15 is 0 Å². The summed E-state index contributed by atoms with van der Waals surface area (Å²) in [6.07, 6.45) is 0. The maximum atomic E-state index is 13.6. The lowest BCUT2D eigenvalue weighted by Crippen LogP contribution is -2.31. The number of benzene rings is 3. The molecule has 0 aliphatic carbocycles. The molecule has 1 heterocycles. The standard InChI is InChI=1S/C23H17ClFNO5S/c1-31-18-10-8-17(9-11-18)26-20(14-2-6-16(25)7-3-14)22(21(27)23(26)28)32(29,30)19-12-4-15(24)5-13-19/h2-13,20,27H,1H3. The number of carbonyl (C=O) groups excluding carboxylic acids is 1. The van der Waals surface area contributed by atoms with E-state index in [0.717, 1.165) is 17.0 Å². The van der Waals surface area contributed by atoms with Gasteiger partial charge in [-0.3, -0.25) is 9.69 Å². The predicted molar refractivity (Wildman–Crippen MR) is 118 cm³/mol. The molecule has 6 nitrogen and oxygen atoms in total. The maximum absolute atomic E-state index is 13.6. The highest BCUT2D eigenvalue weighted by atomic mass is 35.5. The monoisotopic (exact) mass is 473 g/mol. The van der Waals surface area contributed by atoms with Gasteiger partial charge in [-0.2, -0.15) is 0 Å². The third kappa shape index (κ3) is 3.72. The van der Waals surface area contributed by atoms with Crippen molar-refractivity contribution in [2.75, 3.05) is 12.0 Å². The van der Waals surface area contributed by atoms with E-state index in [1.807, 2.05) is 0 Å². The summed E-state index contributed by atoms with van der Waals surface area (Å²) in [5.41, 5.74) is 0.644. The van der Waals surface area contributed by atoms with E-state index in [4.69, 9.17) is 16.3 Å². The molecule has 32 heavy (non-hydrogen) atoms. The molecule has 3 aromatic rings. The first-order valence-corrected chi connectivity index (χ1v) is 11.3. The largest absolute Gasteiger partial charge is 0.502 e. The fourth-order valence-electron chi connectivity index (χ4n) is 3.55. The number of hydrogen-bond donors (Lipinski definition) is 1. The minimum Gasteiger partial charge on any atom is -0.502 e. The lowest BCUT2D eigenvalue weighted by Gasteiger charge is -2.27. The fraction of sp³-hybridized carbons (Fsp3) is 0.0870. The zero-order chi connectivity index (χ0) is 23.0. The molecule has 164 valence electrons.